The minimum absolute atomic E-state index is 0.0174. The Balaban J connectivity index is 2.13. The second kappa shape index (κ2) is 7.94. The summed E-state index contributed by atoms with van der Waals surface area (Å²) < 4.78 is 1.89. The summed E-state index contributed by atoms with van der Waals surface area (Å²) in [4.78, 5) is 15.6. The van der Waals surface area contributed by atoms with Crippen LogP contribution in [0.3, 0.4) is 0 Å². The first kappa shape index (κ1) is 19.0. The predicted molar refractivity (Wildman–Crippen MR) is 119 cm³/mol. The van der Waals surface area contributed by atoms with E-state index in [-0.39, 0.29) is 11.3 Å². The van der Waals surface area contributed by atoms with Crippen LogP contribution < -0.4 is 5.56 Å². The molecule has 4 rings (SSSR count). The fourth-order valence-corrected chi connectivity index (χ4v) is 3.73. The molecule has 0 saturated heterocycles. The van der Waals surface area contributed by atoms with Gasteiger partial charge in [0.2, 0.25) is 0 Å². The van der Waals surface area contributed by atoms with Gasteiger partial charge in [-0.25, -0.2) is 0 Å². The number of phenolic OH excluding ortho intramolecular Hbond substituents is 1. The minimum Gasteiger partial charge on any atom is -0.508 e. The summed E-state index contributed by atoms with van der Waals surface area (Å²) in [5.74, 6) is 0.222. The molecule has 0 fully saturated rings. The molecule has 146 valence electrons. The van der Waals surface area contributed by atoms with Crippen molar-refractivity contribution in [1.29, 1.82) is 0 Å². The van der Waals surface area contributed by atoms with Crippen molar-refractivity contribution in [1.82, 2.24) is 9.47 Å². The van der Waals surface area contributed by atoms with Gasteiger partial charge in [-0.2, -0.15) is 0 Å². The molecule has 0 atom stereocenters. The molecule has 0 spiro atoms. The molecule has 4 nitrogen and oxygen atoms in total. The summed E-state index contributed by atoms with van der Waals surface area (Å²) >= 11 is 0. The van der Waals surface area contributed by atoms with Gasteiger partial charge in [-0.3, -0.25) is 4.79 Å². The molecule has 0 radical (unpaired) electrons. The zero-order chi connectivity index (χ0) is 20.4. The molecule has 4 aromatic rings. The fraction of sp³-hybridized carbons (Fsp3) is 0.160. The van der Waals surface area contributed by atoms with Crippen LogP contribution in [0.15, 0.2) is 83.7 Å². The third-order valence-corrected chi connectivity index (χ3v) is 5.15. The second-order valence-electron chi connectivity index (χ2n) is 7.44. The van der Waals surface area contributed by atoms with Gasteiger partial charge < -0.3 is 14.6 Å². The lowest BCUT2D eigenvalue weighted by molar-refractivity contribution is 0.382. The first-order chi connectivity index (χ1) is 14.1. The topological polar surface area (TPSA) is 45.5 Å². The van der Waals surface area contributed by atoms with Gasteiger partial charge in [-0.15, -0.1) is 0 Å². The number of pyridine rings is 1. The summed E-state index contributed by atoms with van der Waals surface area (Å²) in [6, 6.07) is 25.0. The van der Waals surface area contributed by atoms with Crippen LogP contribution >= 0.6 is 0 Å². The summed E-state index contributed by atoms with van der Waals surface area (Å²) in [6.07, 6.45) is 0. The number of nitrogens with zero attached hydrogens (tertiary/aromatic N) is 2. The molecule has 4 heteroatoms. The number of phenols is 1. The molecule has 0 aliphatic rings. The van der Waals surface area contributed by atoms with Crippen LogP contribution in [0.5, 0.6) is 5.75 Å². The van der Waals surface area contributed by atoms with Crippen molar-refractivity contribution in [2.45, 2.75) is 6.54 Å². The van der Waals surface area contributed by atoms with Crippen molar-refractivity contribution in [3.8, 4) is 28.1 Å². The summed E-state index contributed by atoms with van der Waals surface area (Å²) in [5, 5.41) is 11.4. The number of aromatic nitrogens is 1. The molecule has 1 aromatic heterocycles. The zero-order valence-electron chi connectivity index (χ0n) is 16.7. The number of benzene rings is 3. The van der Waals surface area contributed by atoms with Crippen LogP contribution in [-0.4, -0.2) is 35.2 Å². The van der Waals surface area contributed by atoms with E-state index in [1.165, 1.54) is 0 Å². The van der Waals surface area contributed by atoms with Crippen molar-refractivity contribution >= 4 is 10.8 Å². The summed E-state index contributed by atoms with van der Waals surface area (Å²) in [6.45, 7) is 1.35. The Morgan fingerprint density at radius 3 is 2.07 bits per heavy atom. The molecule has 0 aliphatic heterocycles. The van der Waals surface area contributed by atoms with Crippen LogP contribution in [0.25, 0.3) is 33.2 Å². The second-order valence-corrected chi connectivity index (χ2v) is 7.44. The van der Waals surface area contributed by atoms with Gasteiger partial charge >= 0.3 is 0 Å². The van der Waals surface area contributed by atoms with Crippen molar-refractivity contribution in [3.05, 3.63) is 89.2 Å². The normalized spacial score (nSPS) is 11.3. The number of aromatic hydroxyl groups is 1. The van der Waals surface area contributed by atoms with Crippen LogP contribution in [0.2, 0.25) is 0 Å². The Morgan fingerprint density at radius 2 is 1.41 bits per heavy atom. The predicted octanol–water partition coefficient (Wildman–Crippen LogP) is 4.60. The average molecular weight is 384 g/mol. The van der Waals surface area contributed by atoms with Gasteiger partial charge in [0.05, 0.1) is 5.69 Å². The van der Waals surface area contributed by atoms with Crippen LogP contribution in [0, 0.1) is 0 Å². The van der Waals surface area contributed by atoms with E-state index < -0.39 is 0 Å². The van der Waals surface area contributed by atoms with E-state index in [4.69, 9.17) is 0 Å². The van der Waals surface area contributed by atoms with Gasteiger partial charge in [-0.05, 0) is 48.8 Å². The summed E-state index contributed by atoms with van der Waals surface area (Å²) in [7, 11) is 4.02. The Bertz CT molecular complexity index is 1190. The van der Waals surface area contributed by atoms with Crippen molar-refractivity contribution in [2.24, 2.45) is 0 Å². The molecular formula is C25H24N2O2. The van der Waals surface area contributed by atoms with Gasteiger partial charge in [0.25, 0.3) is 5.56 Å². The van der Waals surface area contributed by atoms with Gasteiger partial charge in [0.1, 0.15) is 5.75 Å². The third-order valence-electron chi connectivity index (χ3n) is 5.15. The van der Waals surface area contributed by atoms with Gasteiger partial charge in [0.15, 0.2) is 0 Å². The van der Waals surface area contributed by atoms with Crippen LogP contribution in [-0.2, 0) is 6.54 Å². The third kappa shape index (κ3) is 3.67. The lowest BCUT2D eigenvalue weighted by Gasteiger charge is -2.22. The molecule has 29 heavy (non-hydrogen) atoms. The van der Waals surface area contributed by atoms with E-state index in [9.17, 15) is 9.90 Å². The standard InChI is InChI=1S/C25H24N2O2/c1-26(2)16-17-27-24(19-8-4-3-5-9-19)23(18-12-14-20(28)15-13-18)21-10-6-7-11-22(21)25(27)29/h3-15,28H,16-17H2,1-2H3. The average Bonchev–Trinajstić information content (AvgIpc) is 2.74. The first-order valence-corrected chi connectivity index (χ1v) is 9.71. The molecule has 0 amide bonds. The maximum atomic E-state index is 13.5. The maximum absolute atomic E-state index is 13.5. The Hall–Kier alpha value is -3.37. The SMILES string of the molecule is CN(C)CCn1c(-c2ccccc2)c(-c2ccc(O)cc2)c2ccccc2c1=O. The van der Waals surface area contributed by atoms with Crippen molar-refractivity contribution in [3.63, 3.8) is 0 Å². The van der Waals surface area contributed by atoms with Crippen LogP contribution in [0.1, 0.15) is 0 Å². The Labute approximate surface area is 170 Å². The van der Waals surface area contributed by atoms with Crippen molar-refractivity contribution < 1.29 is 5.11 Å². The maximum Gasteiger partial charge on any atom is 0.258 e. The number of fused-ring (bicyclic) bond motifs is 1. The molecule has 3 aromatic carbocycles. The Kier molecular flexibility index (Phi) is 5.19. The molecule has 1 heterocycles. The quantitative estimate of drug-likeness (QED) is 0.547. The molecule has 0 bridgehead atoms. The first-order valence-electron chi connectivity index (χ1n) is 9.71. The smallest absolute Gasteiger partial charge is 0.258 e. The molecule has 0 aliphatic carbocycles. The summed E-state index contributed by atoms with van der Waals surface area (Å²) in [5.41, 5.74) is 3.89. The van der Waals surface area contributed by atoms with E-state index in [1.807, 2.05) is 85.4 Å². The van der Waals surface area contributed by atoms with Gasteiger partial charge in [-0.1, -0.05) is 60.7 Å². The minimum atomic E-state index is 0.0174. The highest BCUT2D eigenvalue weighted by atomic mass is 16.3. The van der Waals surface area contributed by atoms with Gasteiger partial charge in [0, 0.05) is 24.0 Å². The van der Waals surface area contributed by atoms with E-state index in [2.05, 4.69) is 4.90 Å². The van der Waals surface area contributed by atoms with E-state index in [0.717, 1.165) is 34.3 Å². The highest BCUT2D eigenvalue weighted by molar-refractivity contribution is 6.02. The highest BCUT2D eigenvalue weighted by Gasteiger charge is 2.19. The van der Waals surface area contributed by atoms with Crippen molar-refractivity contribution in [2.75, 3.05) is 20.6 Å². The molecule has 0 saturated carbocycles. The molecular weight excluding hydrogens is 360 g/mol. The number of hydrogen-bond acceptors (Lipinski definition) is 3. The number of rotatable bonds is 5. The molecule has 0 unspecified atom stereocenters. The van der Waals surface area contributed by atoms with E-state index >= 15 is 0 Å². The van der Waals surface area contributed by atoms with E-state index in [0.29, 0.717) is 11.9 Å². The zero-order valence-corrected chi connectivity index (χ0v) is 16.7. The van der Waals surface area contributed by atoms with E-state index in [1.54, 1.807) is 12.1 Å². The lowest BCUT2D eigenvalue weighted by atomic mass is 9.93. The highest BCUT2D eigenvalue weighted by Crippen LogP contribution is 2.37. The fourth-order valence-electron chi connectivity index (χ4n) is 3.73. The molecule has 1 N–H and O–H groups in total. The van der Waals surface area contributed by atoms with Crippen LogP contribution in [0.4, 0.5) is 0 Å². The number of likely N-dealkylation sites (N-methyl/N-ethyl adjacent to an activating group) is 1. The number of hydrogen-bond donors (Lipinski definition) is 1. The largest absolute Gasteiger partial charge is 0.508 e. The monoisotopic (exact) mass is 384 g/mol. The lowest BCUT2D eigenvalue weighted by Crippen LogP contribution is -2.28. The Morgan fingerprint density at radius 1 is 0.793 bits per heavy atom.